The Hall–Kier alpha value is -2.17. The predicted octanol–water partition coefficient (Wildman–Crippen LogP) is 2.14. The molecule has 158 valence electrons. The van der Waals surface area contributed by atoms with Crippen molar-refractivity contribution in [2.75, 3.05) is 26.2 Å². The molecule has 1 aromatic heterocycles. The summed E-state index contributed by atoms with van der Waals surface area (Å²) in [4.78, 5) is 22.9. The van der Waals surface area contributed by atoms with Gasteiger partial charge in [0.15, 0.2) is 11.8 Å². The molecule has 1 aliphatic rings. The molecule has 3 rings (SSSR count). The second kappa shape index (κ2) is 11.7. The van der Waals surface area contributed by atoms with E-state index in [9.17, 15) is 4.79 Å². The van der Waals surface area contributed by atoms with E-state index < -0.39 is 0 Å². The van der Waals surface area contributed by atoms with E-state index in [2.05, 4.69) is 37.9 Å². The molecule has 2 heterocycles. The van der Waals surface area contributed by atoms with Crippen LogP contribution in [0.5, 0.6) is 0 Å². The van der Waals surface area contributed by atoms with Crippen LogP contribution in [-0.4, -0.2) is 53.1 Å². The molecule has 0 aliphatic carbocycles. The van der Waals surface area contributed by atoms with E-state index in [1.165, 1.54) is 5.56 Å². The average molecular weight is 512 g/mol. The van der Waals surface area contributed by atoms with Gasteiger partial charge in [-0.2, -0.15) is 4.98 Å². The van der Waals surface area contributed by atoms with Gasteiger partial charge < -0.3 is 20.1 Å². The van der Waals surface area contributed by atoms with Gasteiger partial charge in [0.05, 0.1) is 0 Å². The third kappa shape index (κ3) is 7.30. The van der Waals surface area contributed by atoms with Gasteiger partial charge in [-0.1, -0.05) is 35.5 Å². The van der Waals surface area contributed by atoms with Crippen LogP contribution < -0.4 is 10.6 Å². The fourth-order valence-corrected chi connectivity index (χ4v) is 3.25. The van der Waals surface area contributed by atoms with Crippen LogP contribution in [0.1, 0.15) is 30.6 Å². The normalized spacial score (nSPS) is 16.6. The molecule has 0 spiro atoms. The van der Waals surface area contributed by atoms with E-state index in [0.29, 0.717) is 37.2 Å². The molecular weight excluding hydrogens is 483 g/mol. The third-order valence-corrected chi connectivity index (χ3v) is 4.66. The van der Waals surface area contributed by atoms with E-state index >= 15 is 0 Å². The first-order valence-corrected chi connectivity index (χ1v) is 9.77. The lowest BCUT2D eigenvalue weighted by Crippen LogP contribution is -2.40. The monoisotopic (exact) mass is 512 g/mol. The molecule has 0 saturated carbocycles. The number of aliphatic imine (C=N–C) groups is 1. The molecule has 2 N–H and O–H groups in total. The highest BCUT2D eigenvalue weighted by atomic mass is 127. The summed E-state index contributed by atoms with van der Waals surface area (Å²) in [5.41, 5.74) is 1.26. The highest BCUT2D eigenvalue weighted by molar-refractivity contribution is 14.0. The average Bonchev–Trinajstić information content (AvgIpc) is 3.28. The van der Waals surface area contributed by atoms with Crippen LogP contribution in [0.4, 0.5) is 0 Å². The first-order chi connectivity index (χ1) is 13.6. The lowest BCUT2D eigenvalue weighted by molar-refractivity contribution is -0.127. The van der Waals surface area contributed by atoms with E-state index in [1.807, 2.05) is 30.0 Å². The summed E-state index contributed by atoms with van der Waals surface area (Å²) < 4.78 is 4.96. The number of guanidine groups is 1. The summed E-state index contributed by atoms with van der Waals surface area (Å²) in [6.45, 7) is 7.12. The molecule has 2 aromatic rings. The minimum Gasteiger partial charge on any atom is -0.357 e. The summed E-state index contributed by atoms with van der Waals surface area (Å²) in [5, 5.41) is 10.4. The number of carbonyl (C=O) groups excluding carboxylic acids is 1. The van der Waals surface area contributed by atoms with Crippen LogP contribution in [0.25, 0.3) is 0 Å². The van der Waals surface area contributed by atoms with Gasteiger partial charge in [0.1, 0.15) is 6.54 Å². The number of likely N-dealkylation sites (tertiary alicyclic amines) is 1. The van der Waals surface area contributed by atoms with Gasteiger partial charge in [0.25, 0.3) is 0 Å². The zero-order valence-electron chi connectivity index (χ0n) is 16.9. The molecular formula is C20H29IN6O2. The number of benzene rings is 1. The highest BCUT2D eigenvalue weighted by Gasteiger charge is 2.29. The zero-order valence-corrected chi connectivity index (χ0v) is 19.3. The topological polar surface area (TPSA) is 95.6 Å². The smallest absolute Gasteiger partial charge is 0.223 e. The molecule has 1 aliphatic heterocycles. The van der Waals surface area contributed by atoms with Gasteiger partial charge in [-0.3, -0.25) is 4.79 Å². The summed E-state index contributed by atoms with van der Waals surface area (Å²) in [7, 11) is 0. The lowest BCUT2D eigenvalue weighted by Gasteiger charge is -2.17. The number of halogens is 1. The van der Waals surface area contributed by atoms with Crippen LogP contribution in [0, 0.1) is 12.8 Å². The van der Waals surface area contributed by atoms with Crippen molar-refractivity contribution in [3.8, 4) is 0 Å². The molecule has 0 radical (unpaired) electrons. The van der Waals surface area contributed by atoms with Gasteiger partial charge >= 0.3 is 0 Å². The first-order valence-electron chi connectivity index (χ1n) is 9.77. The SMILES string of the molecule is CCNC(=NCc1noc(C)n1)NCC1CC(=O)N(CCc2ccccc2)C1.I. The van der Waals surface area contributed by atoms with Crippen LogP contribution in [0.2, 0.25) is 0 Å². The van der Waals surface area contributed by atoms with Crippen molar-refractivity contribution in [3.05, 3.63) is 47.6 Å². The minimum atomic E-state index is 0. The third-order valence-electron chi connectivity index (χ3n) is 4.66. The van der Waals surface area contributed by atoms with Crippen LogP contribution in [0.15, 0.2) is 39.8 Å². The van der Waals surface area contributed by atoms with Crippen molar-refractivity contribution >= 4 is 35.8 Å². The second-order valence-electron chi connectivity index (χ2n) is 6.95. The Balaban J connectivity index is 0.00000300. The van der Waals surface area contributed by atoms with Gasteiger partial charge in [-0.15, -0.1) is 24.0 Å². The Labute approximate surface area is 188 Å². The summed E-state index contributed by atoms with van der Waals surface area (Å²) in [6.07, 6.45) is 1.46. The predicted molar refractivity (Wildman–Crippen MR) is 122 cm³/mol. The molecule has 1 atom stereocenters. The van der Waals surface area contributed by atoms with E-state index in [1.54, 1.807) is 6.92 Å². The maximum Gasteiger partial charge on any atom is 0.223 e. The Morgan fingerprint density at radius 2 is 2.10 bits per heavy atom. The molecule has 1 aromatic carbocycles. The summed E-state index contributed by atoms with van der Waals surface area (Å²) in [6, 6.07) is 10.3. The molecule has 0 bridgehead atoms. The maximum absolute atomic E-state index is 12.3. The number of amides is 1. The number of rotatable bonds is 8. The maximum atomic E-state index is 12.3. The number of hydrogen-bond acceptors (Lipinski definition) is 5. The summed E-state index contributed by atoms with van der Waals surface area (Å²) >= 11 is 0. The zero-order chi connectivity index (χ0) is 19.8. The fraction of sp³-hybridized carbons (Fsp3) is 0.500. The number of nitrogens with zero attached hydrogens (tertiary/aromatic N) is 4. The Morgan fingerprint density at radius 3 is 2.79 bits per heavy atom. The Morgan fingerprint density at radius 1 is 1.31 bits per heavy atom. The van der Waals surface area contributed by atoms with Crippen molar-refractivity contribution in [2.45, 2.75) is 33.2 Å². The van der Waals surface area contributed by atoms with E-state index in [-0.39, 0.29) is 35.8 Å². The van der Waals surface area contributed by atoms with Crippen molar-refractivity contribution < 1.29 is 9.32 Å². The van der Waals surface area contributed by atoms with Crippen molar-refractivity contribution in [2.24, 2.45) is 10.9 Å². The number of aryl methyl sites for hydroxylation is 1. The second-order valence-corrected chi connectivity index (χ2v) is 6.95. The molecule has 9 heteroatoms. The Bertz CT molecular complexity index is 795. The van der Waals surface area contributed by atoms with Crippen molar-refractivity contribution in [1.29, 1.82) is 0 Å². The largest absolute Gasteiger partial charge is 0.357 e. The summed E-state index contributed by atoms with van der Waals surface area (Å²) in [5.74, 6) is 2.28. The lowest BCUT2D eigenvalue weighted by atomic mass is 10.1. The molecule has 1 fully saturated rings. The van der Waals surface area contributed by atoms with Crippen molar-refractivity contribution in [3.63, 3.8) is 0 Å². The number of carbonyl (C=O) groups is 1. The molecule has 1 unspecified atom stereocenters. The van der Waals surface area contributed by atoms with E-state index in [0.717, 1.165) is 26.1 Å². The highest BCUT2D eigenvalue weighted by Crippen LogP contribution is 2.17. The number of aromatic nitrogens is 2. The van der Waals surface area contributed by atoms with Gasteiger partial charge in [-0.25, -0.2) is 4.99 Å². The van der Waals surface area contributed by atoms with Gasteiger partial charge in [-0.05, 0) is 18.9 Å². The van der Waals surface area contributed by atoms with Crippen LogP contribution in [-0.2, 0) is 17.8 Å². The van der Waals surface area contributed by atoms with Crippen molar-refractivity contribution in [1.82, 2.24) is 25.7 Å². The molecule has 29 heavy (non-hydrogen) atoms. The van der Waals surface area contributed by atoms with Gasteiger partial charge in [0, 0.05) is 45.4 Å². The molecule has 1 saturated heterocycles. The standard InChI is InChI=1S/C20H28N6O2.HI/c1-3-21-20(23-13-18-24-15(2)28-25-18)22-12-17-11-19(27)26(14-17)10-9-16-7-5-4-6-8-16;/h4-8,17H,3,9-14H2,1-2H3,(H2,21,22,23);1H. The fourth-order valence-electron chi connectivity index (χ4n) is 3.25. The van der Waals surface area contributed by atoms with E-state index in [4.69, 9.17) is 4.52 Å². The first kappa shape index (κ1) is 23.1. The van der Waals surface area contributed by atoms with Crippen LogP contribution in [0.3, 0.4) is 0 Å². The van der Waals surface area contributed by atoms with Crippen LogP contribution >= 0.6 is 24.0 Å². The molecule has 8 nitrogen and oxygen atoms in total. The van der Waals surface area contributed by atoms with Gasteiger partial charge in [0.2, 0.25) is 11.8 Å². The number of nitrogens with one attached hydrogen (secondary N) is 2. The quantitative estimate of drug-likeness (QED) is 0.320. The number of hydrogen-bond donors (Lipinski definition) is 2. The molecule has 1 amide bonds. The Kier molecular flexibility index (Phi) is 9.36. The minimum absolute atomic E-state index is 0.